The van der Waals surface area contributed by atoms with Crippen molar-refractivity contribution >= 4 is 11.6 Å². The summed E-state index contributed by atoms with van der Waals surface area (Å²) in [6.07, 6.45) is 0.697. The highest BCUT2D eigenvalue weighted by atomic mass is 16.6. The Morgan fingerprint density at radius 2 is 1.88 bits per heavy atom. The van der Waals surface area contributed by atoms with Crippen LogP contribution < -0.4 is 10.1 Å². The highest BCUT2D eigenvalue weighted by molar-refractivity contribution is 5.95. The van der Waals surface area contributed by atoms with Crippen molar-refractivity contribution in [2.75, 3.05) is 13.7 Å². The zero-order valence-corrected chi connectivity index (χ0v) is 14.6. The first-order valence-electron chi connectivity index (χ1n) is 8.12. The second-order valence-corrected chi connectivity index (χ2v) is 6.05. The number of methoxy groups -OCH3 is 1. The normalized spacial score (nSPS) is 10.6. The first-order valence-corrected chi connectivity index (χ1v) is 8.12. The summed E-state index contributed by atoms with van der Waals surface area (Å²) in [5.41, 5.74) is 2.42. The molecular weight excluding hydrogens is 320 g/mol. The zero-order chi connectivity index (χ0) is 18.4. The molecule has 0 aliphatic heterocycles. The molecule has 0 atom stereocenters. The van der Waals surface area contributed by atoms with Gasteiger partial charge >= 0.3 is 5.69 Å². The fraction of sp³-hybridized carbons (Fsp3) is 0.316. The number of benzene rings is 2. The molecule has 0 bridgehead atoms. The van der Waals surface area contributed by atoms with Crippen molar-refractivity contribution in [3.63, 3.8) is 0 Å². The Morgan fingerprint density at radius 1 is 1.20 bits per heavy atom. The molecule has 6 heteroatoms. The van der Waals surface area contributed by atoms with E-state index in [2.05, 4.69) is 43.4 Å². The summed E-state index contributed by atoms with van der Waals surface area (Å²) in [7, 11) is 1.35. The molecule has 1 amide bonds. The largest absolute Gasteiger partial charge is 0.490 e. The number of nitrogens with one attached hydrogen (secondary N) is 1. The van der Waals surface area contributed by atoms with Gasteiger partial charge in [0.1, 0.15) is 0 Å². The van der Waals surface area contributed by atoms with Gasteiger partial charge < -0.3 is 10.1 Å². The lowest BCUT2D eigenvalue weighted by Gasteiger charge is -2.09. The molecule has 0 saturated heterocycles. The molecule has 0 radical (unpaired) electrons. The van der Waals surface area contributed by atoms with Gasteiger partial charge in [-0.25, -0.2) is 0 Å². The first-order chi connectivity index (χ1) is 11.9. The molecule has 0 aliphatic rings. The lowest BCUT2D eigenvalue weighted by molar-refractivity contribution is -0.385. The molecule has 0 saturated carbocycles. The number of hydrogen-bond donors (Lipinski definition) is 1. The minimum atomic E-state index is -0.564. The van der Waals surface area contributed by atoms with E-state index in [4.69, 9.17) is 4.74 Å². The van der Waals surface area contributed by atoms with Crippen molar-refractivity contribution in [2.24, 2.45) is 0 Å². The zero-order valence-electron chi connectivity index (χ0n) is 14.6. The minimum Gasteiger partial charge on any atom is -0.490 e. The number of nitrogens with zero attached hydrogens (tertiary/aromatic N) is 1. The minimum absolute atomic E-state index is 0.131. The van der Waals surface area contributed by atoms with Gasteiger partial charge in [0, 0.05) is 18.2 Å². The first kappa shape index (κ1) is 18.4. The van der Waals surface area contributed by atoms with Gasteiger partial charge in [-0.3, -0.25) is 14.9 Å². The van der Waals surface area contributed by atoms with E-state index in [9.17, 15) is 14.9 Å². The Kier molecular flexibility index (Phi) is 6.11. The third-order valence-corrected chi connectivity index (χ3v) is 3.98. The predicted molar refractivity (Wildman–Crippen MR) is 96.2 cm³/mol. The fourth-order valence-electron chi connectivity index (χ4n) is 2.47. The van der Waals surface area contributed by atoms with Crippen molar-refractivity contribution in [3.8, 4) is 5.75 Å². The van der Waals surface area contributed by atoms with E-state index in [-0.39, 0.29) is 22.9 Å². The van der Waals surface area contributed by atoms with Crippen LogP contribution in [0.3, 0.4) is 0 Å². The molecular formula is C19H22N2O4. The topological polar surface area (TPSA) is 81.5 Å². The van der Waals surface area contributed by atoms with Crippen LogP contribution in [-0.4, -0.2) is 24.5 Å². The molecule has 0 heterocycles. The van der Waals surface area contributed by atoms with Crippen LogP contribution in [-0.2, 0) is 6.42 Å². The van der Waals surface area contributed by atoms with E-state index in [0.29, 0.717) is 18.9 Å². The van der Waals surface area contributed by atoms with Gasteiger partial charge in [0.05, 0.1) is 12.0 Å². The molecule has 2 aromatic rings. The van der Waals surface area contributed by atoms with E-state index in [1.807, 2.05) is 0 Å². The Bertz CT molecular complexity index is 755. The van der Waals surface area contributed by atoms with Crippen LogP contribution >= 0.6 is 0 Å². The van der Waals surface area contributed by atoms with Crippen molar-refractivity contribution in [3.05, 3.63) is 69.3 Å². The summed E-state index contributed by atoms with van der Waals surface area (Å²) < 4.78 is 4.93. The Labute approximate surface area is 147 Å². The van der Waals surface area contributed by atoms with Gasteiger partial charge in [0.25, 0.3) is 5.91 Å². The SMILES string of the molecule is COc1ccc(C(=O)NCCc2ccc(C(C)C)cc2)cc1[N+](=O)[O-]. The van der Waals surface area contributed by atoms with Crippen molar-refractivity contribution in [1.82, 2.24) is 5.32 Å². The van der Waals surface area contributed by atoms with Gasteiger partial charge in [-0.05, 0) is 35.6 Å². The molecule has 6 nitrogen and oxygen atoms in total. The summed E-state index contributed by atoms with van der Waals surface area (Å²) in [6, 6.07) is 12.5. The van der Waals surface area contributed by atoms with Gasteiger partial charge in [-0.15, -0.1) is 0 Å². The average molecular weight is 342 g/mol. The lowest BCUT2D eigenvalue weighted by Crippen LogP contribution is -2.25. The fourth-order valence-corrected chi connectivity index (χ4v) is 2.47. The number of nitro groups is 1. The van der Waals surface area contributed by atoms with Crippen LogP contribution in [0.15, 0.2) is 42.5 Å². The van der Waals surface area contributed by atoms with Crippen LogP contribution in [0.4, 0.5) is 5.69 Å². The molecule has 2 aromatic carbocycles. The van der Waals surface area contributed by atoms with Crippen molar-refractivity contribution < 1.29 is 14.5 Å². The average Bonchev–Trinajstić information content (AvgIpc) is 2.61. The second-order valence-electron chi connectivity index (χ2n) is 6.05. The van der Waals surface area contributed by atoms with Gasteiger partial charge in [0.2, 0.25) is 0 Å². The van der Waals surface area contributed by atoms with Crippen LogP contribution in [0, 0.1) is 10.1 Å². The lowest BCUT2D eigenvalue weighted by atomic mass is 10.0. The van der Waals surface area contributed by atoms with E-state index in [1.54, 1.807) is 0 Å². The third-order valence-electron chi connectivity index (χ3n) is 3.98. The number of amides is 1. The monoisotopic (exact) mass is 342 g/mol. The van der Waals surface area contributed by atoms with Crippen LogP contribution in [0.25, 0.3) is 0 Å². The Morgan fingerprint density at radius 3 is 2.44 bits per heavy atom. The Balaban J connectivity index is 1.96. The number of hydrogen-bond acceptors (Lipinski definition) is 4. The van der Waals surface area contributed by atoms with Crippen molar-refractivity contribution in [2.45, 2.75) is 26.2 Å². The maximum atomic E-state index is 12.2. The molecule has 2 rings (SSSR count). The Hall–Kier alpha value is -2.89. The molecule has 0 fully saturated rings. The maximum absolute atomic E-state index is 12.2. The van der Waals surface area contributed by atoms with Crippen LogP contribution in [0.5, 0.6) is 5.75 Å². The van der Waals surface area contributed by atoms with Crippen LogP contribution in [0.2, 0.25) is 0 Å². The van der Waals surface area contributed by atoms with Crippen LogP contribution in [0.1, 0.15) is 41.3 Å². The van der Waals surface area contributed by atoms with Crippen molar-refractivity contribution in [1.29, 1.82) is 0 Å². The number of carbonyl (C=O) groups excluding carboxylic acids is 1. The summed E-state index contributed by atoms with van der Waals surface area (Å²) in [5.74, 6) is 0.274. The standard InChI is InChI=1S/C19H22N2O4/c1-13(2)15-6-4-14(5-7-15)10-11-20-19(22)16-8-9-18(25-3)17(12-16)21(23)24/h4-9,12-13H,10-11H2,1-3H3,(H,20,22). The highest BCUT2D eigenvalue weighted by Gasteiger charge is 2.17. The summed E-state index contributed by atoms with van der Waals surface area (Å²) in [6.45, 7) is 4.74. The van der Waals surface area contributed by atoms with E-state index >= 15 is 0 Å². The molecule has 0 unspecified atom stereocenters. The number of nitro benzene ring substituents is 1. The number of carbonyl (C=O) groups is 1. The highest BCUT2D eigenvalue weighted by Crippen LogP contribution is 2.27. The molecule has 0 spiro atoms. The molecule has 1 N–H and O–H groups in total. The molecule has 25 heavy (non-hydrogen) atoms. The summed E-state index contributed by atoms with van der Waals surface area (Å²) >= 11 is 0. The number of ether oxygens (including phenoxy) is 1. The number of rotatable bonds is 7. The maximum Gasteiger partial charge on any atom is 0.311 e. The van der Waals surface area contributed by atoms with Gasteiger partial charge in [-0.1, -0.05) is 38.1 Å². The van der Waals surface area contributed by atoms with E-state index < -0.39 is 4.92 Å². The second kappa shape index (κ2) is 8.28. The quantitative estimate of drug-likeness (QED) is 0.614. The van der Waals surface area contributed by atoms with E-state index in [1.165, 1.54) is 30.9 Å². The van der Waals surface area contributed by atoms with Gasteiger partial charge in [0.15, 0.2) is 5.75 Å². The van der Waals surface area contributed by atoms with Gasteiger partial charge in [-0.2, -0.15) is 0 Å². The molecule has 0 aliphatic carbocycles. The van der Waals surface area contributed by atoms with E-state index in [0.717, 1.165) is 5.56 Å². The third kappa shape index (κ3) is 4.79. The smallest absolute Gasteiger partial charge is 0.311 e. The molecule has 132 valence electrons. The predicted octanol–water partition coefficient (Wildman–Crippen LogP) is 3.70. The summed E-state index contributed by atoms with van der Waals surface area (Å²) in [5, 5.41) is 13.8. The summed E-state index contributed by atoms with van der Waals surface area (Å²) in [4.78, 5) is 22.6. The molecule has 0 aromatic heterocycles.